The molecule has 2 N–H and O–H groups in total. The van der Waals surface area contributed by atoms with Crippen molar-refractivity contribution in [2.75, 3.05) is 18.0 Å². The van der Waals surface area contributed by atoms with Gasteiger partial charge in [0.25, 0.3) is 0 Å². The van der Waals surface area contributed by atoms with Crippen molar-refractivity contribution in [1.82, 2.24) is 0 Å². The van der Waals surface area contributed by atoms with E-state index in [-0.39, 0.29) is 18.0 Å². The maximum absolute atomic E-state index is 13.6. The zero-order valence-corrected chi connectivity index (χ0v) is 9.95. The summed E-state index contributed by atoms with van der Waals surface area (Å²) in [6, 6.07) is 3.58. The van der Waals surface area contributed by atoms with Crippen LogP contribution < -0.4 is 15.4 Å². The molecule has 1 aromatic rings. The summed E-state index contributed by atoms with van der Waals surface area (Å²) in [6.07, 6.45) is 1.86. The number of ether oxygens (including phenoxy) is 1. The molecule has 4 heteroatoms. The predicted molar refractivity (Wildman–Crippen MR) is 65.0 cm³/mol. The lowest BCUT2D eigenvalue weighted by molar-refractivity contribution is 0.245. The first kappa shape index (κ1) is 10.8. The summed E-state index contributed by atoms with van der Waals surface area (Å²) >= 11 is 0. The maximum Gasteiger partial charge on any atom is 0.165 e. The van der Waals surface area contributed by atoms with Crippen molar-refractivity contribution in [3.63, 3.8) is 0 Å². The van der Waals surface area contributed by atoms with E-state index in [0.29, 0.717) is 5.75 Å². The number of hydrogen-bond acceptors (Lipinski definition) is 3. The number of rotatable bonds is 1. The number of fused-ring (bicyclic) bond motifs is 1. The monoisotopic (exact) mass is 236 g/mol. The second-order valence-electron chi connectivity index (χ2n) is 5.00. The van der Waals surface area contributed by atoms with Gasteiger partial charge < -0.3 is 15.4 Å². The Bertz CT molecular complexity index is 449. The SMILES string of the molecule is CC1Cc2c(N3CCC(N)C3)ccc(F)c2O1. The molecule has 2 unspecified atom stereocenters. The Balaban J connectivity index is 1.99. The molecule has 1 saturated heterocycles. The van der Waals surface area contributed by atoms with Crippen LogP contribution in [-0.4, -0.2) is 25.2 Å². The van der Waals surface area contributed by atoms with Crippen molar-refractivity contribution < 1.29 is 9.13 Å². The Labute approximate surface area is 100 Å². The number of nitrogens with zero attached hydrogens (tertiary/aromatic N) is 1. The van der Waals surface area contributed by atoms with E-state index in [1.165, 1.54) is 6.07 Å². The van der Waals surface area contributed by atoms with Crippen molar-refractivity contribution in [2.24, 2.45) is 5.73 Å². The average molecular weight is 236 g/mol. The Morgan fingerprint density at radius 1 is 1.47 bits per heavy atom. The van der Waals surface area contributed by atoms with E-state index < -0.39 is 0 Å². The van der Waals surface area contributed by atoms with Gasteiger partial charge in [-0.15, -0.1) is 0 Å². The van der Waals surface area contributed by atoms with Gasteiger partial charge in [0.15, 0.2) is 11.6 Å². The van der Waals surface area contributed by atoms with Gasteiger partial charge in [-0.1, -0.05) is 0 Å². The van der Waals surface area contributed by atoms with E-state index in [1.54, 1.807) is 0 Å². The van der Waals surface area contributed by atoms with Crippen LogP contribution in [0.4, 0.5) is 10.1 Å². The Kier molecular flexibility index (Phi) is 2.47. The summed E-state index contributed by atoms with van der Waals surface area (Å²) in [5.41, 5.74) is 8.02. The van der Waals surface area contributed by atoms with E-state index in [9.17, 15) is 4.39 Å². The van der Waals surface area contributed by atoms with Crippen molar-refractivity contribution in [3.05, 3.63) is 23.5 Å². The second-order valence-corrected chi connectivity index (χ2v) is 5.00. The van der Waals surface area contributed by atoms with Gasteiger partial charge in [0.05, 0.1) is 0 Å². The molecular formula is C13H17FN2O. The van der Waals surface area contributed by atoms with Gasteiger partial charge in [-0.3, -0.25) is 0 Å². The minimum Gasteiger partial charge on any atom is -0.487 e. The summed E-state index contributed by atoms with van der Waals surface area (Å²) in [4.78, 5) is 2.24. The first-order chi connectivity index (χ1) is 8.15. The molecule has 0 saturated carbocycles. The molecule has 2 heterocycles. The number of halogens is 1. The van der Waals surface area contributed by atoms with Crippen molar-refractivity contribution in [2.45, 2.75) is 31.9 Å². The van der Waals surface area contributed by atoms with Crippen LogP contribution >= 0.6 is 0 Å². The van der Waals surface area contributed by atoms with E-state index in [2.05, 4.69) is 4.90 Å². The molecule has 0 aliphatic carbocycles. The Morgan fingerprint density at radius 3 is 3.00 bits per heavy atom. The third kappa shape index (κ3) is 1.76. The molecule has 0 bridgehead atoms. The lowest BCUT2D eigenvalue weighted by Crippen LogP contribution is -2.26. The fourth-order valence-corrected chi connectivity index (χ4v) is 2.75. The largest absolute Gasteiger partial charge is 0.487 e. The van der Waals surface area contributed by atoms with Crippen molar-refractivity contribution in [1.29, 1.82) is 0 Å². The number of anilines is 1. The van der Waals surface area contributed by atoms with E-state index in [0.717, 1.165) is 37.2 Å². The fraction of sp³-hybridized carbons (Fsp3) is 0.538. The lowest BCUT2D eigenvalue weighted by Gasteiger charge is -2.20. The molecular weight excluding hydrogens is 219 g/mol. The highest BCUT2D eigenvalue weighted by atomic mass is 19.1. The molecule has 0 amide bonds. The van der Waals surface area contributed by atoms with E-state index in [4.69, 9.17) is 10.5 Å². The molecule has 92 valence electrons. The zero-order chi connectivity index (χ0) is 12.0. The highest BCUT2D eigenvalue weighted by Gasteiger charge is 2.29. The first-order valence-electron chi connectivity index (χ1n) is 6.13. The molecule has 2 atom stereocenters. The van der Waals surface area contributed by atoms with E-state index in [1.807, 2.05) is 13.0 Å². The highest BCUT2D eigenvalue weighted by molar-refractivity contribution is 5.62. The molecule has 1 aromatic carbocycles. The lowest BCUT2D eigenvalue weighted by atomic mass is 10.1. The van der Waals surface area contributed by atoms with Gasteiger partial charge in [-0.2, -0.15) is 0 Å². The Morgan fingerprint density at radius 2 is 2.29 bits per heavy atom. The van der Waals surface area contributed by atoms with Crippen LogP contribution in [0.2, 0.25) is 0 Å². The van der Waals surface area contributed by atoms with Crippen molar-refractivity contribution >= 4 is 5.69 Å². The quantitative estimate of drug-likeness (QED) is 0.806. The summed E-state index contributed by atoms with van der Waals surface area (Å²) in [7, 11) is 0. The van der Waals surface area contributed by atoms with Gasteiger partial charge in [0, 0.05) is 36.8 Å². The smallest absolute Gasteiger partial charge is 0.165 e. The summed E-state index contributed by atoms with van der Waals surface area (Å²) in [5.74, 6) is 0.187. The normalized spacial score (nSPS) is 27.1. The minimum absolute atomic E-state index is 0.0666. The van der Waals surface area contributed by atoms with Crippen LogP contribution in [0.25, 0.3) is 0 Å². The molecule has 2 aliphatic rings. The zero-order valence-electron chi connectivity index (χ0n) is 9.95. The molecule has 3 rings (SSSR count). The van der Waals surface area contributed by atoms with Crippen molar-refractivity contribution in [3.8, 4) is 5.75 Å². The standard InChI is InChI=1S/C13H17FN2O/c1-8-6-10-12(16-5-4-9(15)7-16)3-2-11(14)13(10)17-8/h2-3,8-9H,4-7,15H2,1H3. The van der Waals surface area contributed by atoms with Gasteiger partial charge in [-0.25, -0.2) is 4.39 Å². The third-order valence-corrected chi connectivity index (χ3v) is 3.56. The second kappa shape index (κ2) is 3.88. The van der Waals surface area contributed by atoms with Crippen LogP contribution in [-0.2, 0) is 6.42 Å². The van der Waals surface area contributed by atoms with Crippen LogP contribution in [0.15, 0.2) is 12.1 Å². The fourth-order valence-electron chi connectivity index (χ4n) is 2.75. The van der Waals surface area contributed by atoms with Gasteiger partial charge in [0.1, 0.15) is 6.10 Å². The molecule has 2 aliphatic heterocycles. The highest BCUT2D eigenvalue weighted by Crippen LogP contribution is 2.39. The number of hydrogen-bond donors (Lipinski definition) is 1. The van der Waals surface area contributed by atoms with Crippen LogP contribution in [0.5, 0.6) is 5.75 Å². The molecule has 1 fully saturated rings. The van der Waals surface area contributed by atoms with Gasteiger partial charge in [0.2, 0.25) is 0 Å². The predicted octanol–water partition coefficient (Wildman–Crippen LogP) is 1.69. The Hall–Kier alpha value is -1.29. The van der Waals surface area contributed by atoms with Gasteiger partial charge in [-0.05, 0) is 25.5 Å². The molecule has 17 heavy (non-hydrogen) atoms. The average Bonchev–Trinajstić information content (AvgIpc) is 2.85. The minimum atomic E-state index is -0.253. The molecule has 3 nitrogen and oxygen atoms in total. The van der Waals surface area contributed by atoms with Crippen LogP contribution in [0.1, 0.15) is 18.9 Å². The molecule has 0 aromatic heterocycles. The number of benzene rings is 1. The summed E-state index contributed by atoms with van der Waals surface area (Å²) in [6.45, 7) is 3.78. The van der Waals surface area contributed by atoms with Crippen LogP contribution in [0.3, 0.4) is 0 Å². The topological polar surface area (TPSA) is 38.5 Å². The maximum atomic E-state index is 13.6. The number of nitrogens with two attached hydrogens (primary N) is 1. The first-order valence-corrected chi connectivity index (χ1v) is 6.13. The molecule has 0 radical (unpaired) electrons. The van der Waals surface area contributed by atoms with E-state index >= 15 is 0 Å². The van der Waals surface area contributed by atoms with Crippen LogP contribution in [0, 0.1) is 5.82 Å². The third-order valence-electron chi connectivity index (χ3n) is 3.56. The van der Waals surface area contributed by atoms with Gasteiger partial charge >= 0.3 is 0 Å². The molecule has 0 spiro atoms. The summed E-state index contributed by atoms with van der Waals surface area (Å²) < 4.78 is 19.2. The summed E-state index contributed by atoms with van der Waals surface area (Å²) in [5, 5.41) is 0.